The van der Waals surface area contributed by atoms with Crippen molar-refractivity contribution in [2.75, 3.05) is 18.4 Å². The van der Waals surface area contributed by atoms with Gasteiger partial charge in [-0.25, -0.2) is 0 Å². The number of anilines is 1. The molecule has 0 unspecified atom stereocenters. The first-order valence-electron chi connectivity index (χ1n) is 5.40. The molecule has 1 amide bonds. The molecule has 0 aromatic carbocycles. The second-order valence-electron chi connectivity index (χ2n) is 3.50. The van der Waals surface area contributed by atoms with Gasteiger partial charge in [0.1, 0.15) is 4.99 Å². The van der Waals surface area contributed by atoms with Gasteiger partial charge >= 0.3 is 0 Å². The molecule has 0 aliphatic heterocycles. The molecular weight excluding hydrogens is 236 g/mol. The van der Waals surface area contributed by atoms with E-state index in [9.17, 15) is 4.79 Å². The average Bonchev–Trinajstić information content (AvgIpc) is 2.34. The van der Waals surface area contributed by atoms with Gasteiger partial charge in [-0.2, -0.15) is 0 Å². The van der Waals surface area contributed by atoms with E-state index in [0.717, 1.165) is 12.1 Å². The number of carbonyl (C=O) groups is 1. The molecule has 0 fully saturated rings. The van der Waals surface area contributed by atoms with Gasteiger partial charge < -0.3 is 16.4 Å². The van der Waals surface area contributed by atoms with Gasteiger partial charge in [0.2, 0.25) is 5.91 Å². The van der Waals surface area contributed by atoms with Crippen LogP contribution in [-0.4, -0.2) is 29.0 Å². The summed E-state index contributed by atoms with van der Waals surface area (Å²) in [7, 11) is 0. The molecule has 0 radical (unpaired) electrons. The van der Waals surface area contributed by atoms with Gasteiger partial charge in [-0.3, -0.25) is 9.78 Å². The number of hydrogen-bond acceptors (Lipinski definition) is 4. The molecule has 0 bridgehead atoms. The van der Waals surface area contributed by atoms with E-state index >= 15 is 0 Å². The van der Waals surface area contributed by atoms with E-state index in [1.165, 1.54) is 0 Å². The molecule has 0 spiro atoms. The summed E-state index contributed by atoms with van der Waals surface area (Å²) in [6, 6.07) is 3.50. The Labute approximate surface area is 106 Å². The summed E-state index contributed by atoms with van der Waals surface area (Å²) >= 11 is 4.79. The van der Waals surface area contributed by atoms with E-state index in [2.05, 4.69) is 15.6 Å². The molecule has 17 heavy (non-hydrogen) atoms. The number of nitrogens with two attached hydrogens (primary N) is 1. The minimum Gasteiger partial charge on any atom is -0.388 e. The number of carbonyl (C=O) groups excluding carboxylic acids is 1. The summed E-state index contributed by atoms with van der Waals surface area (Å²) in [5.41, 5.74) is 6.76. The van der Waals surface area contributed by atoms with Crippen LogP contribution in [-0.2, 0) is 4.79 Å². The highest BCUT2D eigenvalue weighted by Gasteiger charge is 2.01. The first kappa shape index (κ1) is 13.4. The molecule has 0 aliphatic rings. The van der Waals surface area contributed by atoms with Crippen LogP contribution in [0, 0.1) is 0 Å². The number of nitrogens with one attached hydrogen (secondary N) is 2. The summed E-state index contributed by atoms with van der Waals surface area (Å²) in [6.45, 7) is 2.93. The number of thiocarbonyl (C=S) groups is 1. The number of rotatable bonds is 6. The fourth-order valence-corrected chi connectivity index (χ4v) is 1.27. The zero-order valence-corrected chi connectivity index (χ0v) is 10.5. The molecule has 5 nitrogen and oxygen atoms in total. The predicted molar refractivity (Wildman–Crippen MR) is 71.9 cm³/mol. The Balaban J connectivity index is 2.42. The number of aromatic nitrogens is 1. The Hall–Kier alpha value is -1.69. The zero-order valence-electron chi connectivity index (χ0n) is 9.69. The fourth-order valence-electron chi connectivity index (χ4n) is 1.15. The van der Waals surface area contributed by atoms with Gasteiger partial charge in [0.25, 0.3) is 0 Å². The Morgan fingerprint density at radius 2 is 2.29 bits per heavy atom. The van der Waals surface area contributed by atoms with Crippen molar-refractivity contribution < 1.29 is 4.79 Å². The maximum Gasteiger partial charge on any atom is 0.239 e. The Morgan fingerprint density at radius 1 is 1.53 bits per heavy atom. The van der Waals surface area contributed by atoms with Crippen LogP contribution >= 0.6 is 12.2 Å². The standard InChI is InChI=1S/C11H16N4OS/c1-2-5-13-10(16)7-14-8-3-4-9(11(12)17)15-6-8/h3-4,6,14H,2,5,7H2,1H3,(H2,12,17)(H,13,16). The van der Waals surface area contributed by atoms with Crippen molar-refractivity contribution in [3.05, 3.63) is 24.0 Å². The summed E-state index contributed by atoms with van der Waals surface area (Å²) in [5, 5.41) is 5.73. The van der Waals surface area contributed by atoms with Crippen molar-refractivity contribution in [2.45, 2.75) is 13.3 Å². The van der Waals surface area contributed by atoms with Gasteiger partial charge in [-0.1, -0.05) is 19.1 Å². The van der Waals surface area contributed by atoms with Crippen LogP contribution in [0.3, 0.4) is 0 Å². The molecule has 0 aliphatic carbocycles. The summed E-state index contributed by atoms with van der Waals surface area (Å²) < 4.78 is 0. The van der Waals surface area contributed by atoms with Crippen molar-refractivity contribution in [3.63, 3.8) is 0 Å². The fraction of sp³-hybridized carbons (Fsp3) is 0.364. The van der Waals surface area contributed by atoms with Crippen LogP contribution < -0.4 is 16.4 Å². The maximum atomic E-state index is 11.3. The summed E-state index contributed by atoms with van der Waals surface area (Å²) in [5.74, 6) is -0.0368. The van der Waals surface area contributed by atoms with E-state index < -0.39 is 0 Å². The number of hydrogen-bond donors (Lipinski definition) is 3. The smallest absolute Gasteiger partial charge is 0.239 e. The number of pyridine rings is 1. The third-order valence-corrected chi connectivity index (χ3v) is 2.25. The minimum atomic E-state index is -0.0368. The van der Waals surface area contributed by atoms with Crippen molar-refractivity contribution in [2.24, 2.45) is 5.73 Å². The van der Waals surface area contributed by atoms with Crippen LogP contribution in [0.4, 0.5) is 5.69 Å². The third-order valence-electron chi connectivity index (χ3n) is 2.04. The SMILES string of the molecule is CCCNC(=O)CNc1ccc(C(N)=S)nc1. The highest BCUT2D eigenvalue weighted by Crippen LogP contribution is 2.05. The lowest BCUT2D eigenvalue weighted by Crippen LogP contribution is -2.30. The average molecular weight is 252 g/mol. The van der Waals surface area contributed by atoms with Gasteiger partial charge in [0.05, 0.1) is 24.1 Å². The van der Waals surface area contributed by atoms with Crippen molar-refractivity contribution in [3.8, 4) is 0 Å². The summed E-state index contributed by atoms with van der Waals surface area (Å²) in [4.78, 5) is 15.6. The van der Waals surface area contributed by atoms with Crippen LogP contribution in [0.2, 0.25) is 0 Å². The Bertz CT molecular complexity index is 391. The van der Waals surface area contributed by atoms with Crippen molar-refractivity contribution in [1.82, 2.24) is 10.3 Å². The lowest BCUT2D eigenvalue weighted by molar-refractivity contribution is -0.119. The summed E-state index contributed by atoms with van der Waals surface area (Å²) in [6.07, 6.45) is 2.53. The van der Waals surface area contributed by atoms with E-state index in [1.54, 1.807) is 18.3 Å². The highest BCUT2D eigenvalue weighted by molar-refractivity contribution is 7.80. The molecule has 4 N–H and O–H groups in total. The van der Waals surface area contributed by atoms with Crippen molar-refractivity contribution >= 4 is 28.8 Å². The van der Waals surface area contributed by atoms with E-state index in [1.807, 2.05) is 6.92 Å². The molecular formula is C11H16N4OS. The van der Waals surface area contributed by atoms with E-state index in [0.29, 0.717) is 12.2 Å². The molecule has 1 rings (SSSR count). The van der Waals surface area contributed by atoms with Crippen LogP contribution in [0.1, 0.15) is 19.0 Å². The quantitative estimate of drug-likeness (QED) is 0.648. The van der Waals surface area contributed by atoms with Crippen LogP contribution in [0.25, 0.3) is 0 Å². The van der Waals surface area contributed by atoms with Gasteiger partial charge in [-0.05, 0) is 18.6 Å². The molecule has 1 aromatic heterocycles. The van der Waals surface area contributed by atoms with E-state index in [-0.39, 0.29) is 17.4 Å². The number of amides is 1. The van der Waals surface area contributed by atoms with Crippen LogP contribution in [0.15, 0.2) is 18.3 Å². The highest BCUT2D eigenvalue weighted by atomic mass is 32.1. The monoisotopic (exact) mass is 252 g/mol. The Morgan fingerprint density at radius 3 is 2.82 bits per heavy atom. The topological polar surface area (TPSA) is 80.0 Å². The first-order valence-corrected chi connectivity index (χ1v) is 5.80. The molecule has 0 saturated carbocycles. The normalized spacial score (nSPS) is 9.71. The van der Waals surface area contributed by atoms with E-state index in [4.69, 9.17) is 18.0 Å². The maximum absolute atomic E-state index is 11.3. The molecule has 0 atom stereocenters. The van der Waals surface area contributed by atoms with Gasteiger partial charge in [-0.15, -0.1) is 0 Å². The minimum absolute atomic E-state index is 0.0368. The lowest BCUT2D eigenvalue weighted by atomic mass is 10.3. The largest absolute Gasteiger partial charge is 0.388 e. The van der Waals surface area contributed by atoms with Gasteiger partial charge in [0.15, 0.2) is 0 Å². The third kappa shape index (κ3) is 4.78. The molecule has 1 heterocycles. The second kappa shape index (κ2) is 6.80. The molecule has 0 saturated heterocycles. The second-order valence-corrected chi connectivity index (χ2v) is 3.94. The molecule has 1 aromatic rings. The van der Waals surface area contributed by atoms with Crippen molar-refractivity contribution in [1.29, 1.82) is 0 Å². The van der Waals surface area contributed by atoms with Crippen LogP contribution in [0.5, 0.6) is 0 Å². The van der Waals surface area contributed by atoms with Gasteiger partial charge in [0, 0.05) is 6.54 Å². The number of nitrogens with zero attached hydrogens (tertiary/aromatic N) is 1. The molecule has 6 heteroatoms. The first-order chi connectivity index (χ1) is 8.13. The predicted octanol–water partition coefficient (Wildman–Crippen LogP) is 0.654. The molecule has 92 valence electrons. The zero-order chi connectivity index (χ0) is 12.7. The lowest BCUT2D eigenvalue weighted by Gasteiger charge is -2.07. The Kier molecular flexibility index (Phi) is 5.35.